The second kappa shape index (κ2) is 6.50. The minimum atomic E-state index is -0.0649. The van der Waals surface area contributed by atoms with Crippen LogP contribution in [0.4, 0.5) is 0 Å². The highest BCUT2D eigenvalue weighted by Crippen LogP contribution is 2.35. The van der Waals surface area contributed by atoms with Crippen LogP contribution in [0.3, 0.4) is 0 Å². The Labute approximate surface area is 107 Å². The minimum absolute atomic E-state index is 0.0649. The fourth-order valence-corrected chi connectivity index (χ4v) is 2.59. The predicted octanol–water partition coefficient (Wildman–Crippen LogP) is 2.79. The monoisotopic (exact) mass is 249 g/mol. The molecule has 5 heteroatoms. The molecule has 1 unspecified atom stereocenters. The third-order valence-corrected chi connectivity index (χ3v) is 3.52. The molecule has 1 aromatic heterocycles. The Morgan fingerprint density at radius 3 is 2.89 bits per heavy atom. The maximum absolute atomic E-state index is 8.53. The van der Waals surface area contributed by atoms with Crippen molar-refractivity contribution in [3.63, 3.8) is 0 Å². The standard InChI is InChI=1S/C13H19N3O2/c1-17-12(10-6-3-2-4-7-10)13-15-11(18-16-13)8-5-9-14/h10,12H,2-8H2,1H3. The smallest absolute Gasteiger partial charge is 0.227 e. The number of nitriles is 1. The largest absolute Gasteiger partial charge is 0.373 e. The first-order valence-corrected chi connectivity index (χ1v) is 6.57. The molecule has 1 aromatic rings. The highest BCUT2D eigenvalue weighted by Gasteiger charge is 2.28. The summed E-state index contributed by atoms with van der Waals surface area (Å²) in [6, 6.07) is 2.07. The maximum Gasteiger partial charge on any atom is 0.227 e. The predicted molar refractivity (Wildman–Crippen MR) is 64.6 cm³/mol. The number of hydrogen-bond donors (Lipinski definition) is 0. The number of ether oxygens (including phenoxy) is 1. The van der Waals surface area contributed by atoms with Gasteiger partial charge in [0.2, 0.25) is 11.7 Å². The van der Waals surface area contributed by atoms with Gasteiger partial charge in [-0.25, -0.2) is 0 Å². The minimum Gasteiger partial charge on any atom is -0.373 e. The second-order valence-corrected chi connectivity index (χ2v) is 4.76. The van der Waals surface area contributed by atoms with Crippen LogP contribution in [-0.4, -0.2) is 17.3 Å². The molecule has 0 N–H and O–H groups in total. The SMILES string of the molecule is COC(c1noc(CCC#N)n1)C1CCCCC1. The molecule has 1 aliphatic carbocycles. The Bertz CT molecular complexity index is 405. The van der Waals surface area contributed by atoms with Crippen LogP contribution in [0.25, 0.3) is 0 Å². The van der Waals surface area contributed by atoms with E-state index in [-0.39, 0.29) is 6.10 Å². The fourth-order valence-electron chi connectivity index (χ4n) is 2.59. The molecule has 0 amide bonds. The molecule has 18 heavy (non-hydrogen) atoms. The van der Waals surface area contributed by atoms with E-state index in [1.807, 2.05) is 0 Å². The van der Waals surface area contributed by atoms with Gasteiger partial charge in [-0.2, -0.15) is 10.2 Å². The van der Waals surface area contributed by atoms with E-state index in [1.165, 1.54) is 32.1 Å². The van der Waals surface area contributed by atoms with Crippen LogP contribution >= 0.6 is 0 Å². The van der Waals surface area contributed by atoms with E-state index in [9.17, 15) is 0 Å². The fraction of sp³-hybridized carbons (Fsp3) is 0.769. The molecular weight excluding hydrogens is 230 g/mol. The van der Waals surface area contributed by atoms with Crippen molar-refractivity contribution in [2.45, 2.75) is 51.0 Å². The lowest BCUT2D eigenvalue weighted by molar-refractivity contribution is 0.0273. The van der Waals surface area contributed by atoms with Crippen LogP contribution in [0.1, 0.15) is 56.3 Å². The summed E-state index contributed by atoms with van der Waals surface area (Å²) in [5.41, 5.74) is 0. The second-order valence-electron chi connectivity index (χ2n) is 4.76. The number of hydrogen-bond acceptors (Lipinski definition) is 5. The zero-order valence-corrected chi connectivity index (χ0v) is 10.8. The van der Waals surface area contributed by atoms with Crippen molar-refractivity contribution < 1.29 is 9.26 Å². The van der Waals surface area contributed by atoms with Crippen LogP contribution in [-0.2, 0) is 11.2 Å². The highest BCUT2D eigenvalue weighted by molar-refractivity contribution is 4.96. The van der Waals surface area contributed by atoms with Gasteiger partial charge in [-0.3, -0.25) is 0 Å². The molecule has 0 bridgehead atoms. The first kappa shape index (κ1) is 13.0. The summed E-state index contributed by atoms with van der Waals surface area (Å²) >= 11 is 0. The molecule has 0 saturated heterocycles. The molecule has 1 fully saturated rings. The number of aromatic nitrogens is 2. The Morgan fingerprint density at radius 2 is 2.22 bits per heavy atom. The van der Waals surface area contributed by atoms with Crippen molar-refractivity contribution >= 4 is 0 Å². The number of nitrogens with zero attached hydrogens (tertiary/aromatic N) is 3. The van der Waals surface area contributed by atoms with Gasteiger partial charge in [-0.1, -0.05) is 24.4 Å². The normalized spacial score (nSPS) is 18.4. The van der Waals surface area contributed by atoms with E-state index in [4.69, 9.17) is 14.5 Å². The Kier molecular flexibility index (Phi) is 4.71. The Morgan fingerprint density at radius 1 is 1.44 bits per heavy atom. The molecule has 0 aliphatic heterocycles. The van der Waals surface area contributed by atoms with Crippen molar-refractivity contribution in [2.75, 3.05) is 7.11 Å². The van der Waals surface area contributed by atoms with Gasteiger partial charge in [0.1, 0.15) is 6.10 Å². The molecule has 0 radical (unpaired) electrons. The van der Waals surface area contributed by atoms with Crippen LogP contribution in [0.5, 0.6) is 0 Å². The summed E-state index contributed by atoms with van der Waals surface area (Å²) < 4.78 is 10.7. The summed E-state index contributed by atoms with van der Waals surface area (Å²) in [6.07, 6.45) is 7.01. The molecular formula is C13H19N3O2. The van der Waals surface area contributed by atoms with Crippen molar-refractivity contribution in [2.24, 2.45) is 5.92 Å². The van der Waals surface area contributed by atoms with Crippen molar-refractivity contribution in [3.8, 4) is 6.07 Å². The summed E-state index contributed by atoms with van der Waals surface area (Å²) in [4.78, 5) is 4.34. The van der Waals surface area contributed by atoms with Crippen molar-refractivity contribution in [1.29, 1.82) is 5.26 Å². The van der Waals surface area contributed by atoms with E-state index in [0.29, 0.717) is 30.5 Å². The molecule has 5 nitrogen and oxygen atoms in total. The van der Waals surface area contributed by atoms with E-state index in [2.05, 4.69) is 16.2 Å². The molecule has 1 saturated carbocycles. The molecule has 0 spiro atoms. The average molecular weight is 249 g/mol. The van der Waals surface area contributed by atoms with Crippen LogP contribution in [0.2, 0.25) is 0 Å². The zero-order chi connectivity index (χ0) is 12.8. The zero-order valence-electron chi connectivity index (χ0n) is 10.8. The third kappa shape index (κ3) is 3.08. The summed E-state index contributed by atoms with van der Waals surface area (Å²) in [5.74, 6) is 1.66. The van der Waals surface area contributed by atoms with Crippen molar-refractivity contribution in [3.05, 3.63) is 11.7 Å². The Hall–Kier alpha value is -1.41. The summed E-state index contributed by atoms with van der Waals surface area (Å²) in [6.45, 7) is 0. The first-order valence-electron chi connectivity index (χ1n) is 6.57. The maximum atomic E-state index is 8.53. The summed E-state index contributed by atoms with van der Waals surface area (Å²) in [7, 11) is 1.70. The number of aryl methyl sites for hydroxylation is 1. The number of rotatable bonds is 5. The van der Waals surface area contributed by atoms with Crippen molar-refractivity contribution in [1.82, 2.24) is 10.1 Å². The van der Waals surface area contributed by atoms with Gasteiger partial charge < -0.3 is 9.26 Å². The third-order valence-electron chi connectivity index (χ3n) is 3.52. The van der Waals surface area contributed by atoms with Gasteiger partial charge in [0.05, 0.1) is 6.07 Å². The number of methoxy groups -OCH3 is 1. The molecule has 2 rings (SSSR count). The molecule has 1 aliphatic rings. The van der Waals surface area contributed by atoms with Gasteiger partial charge >= 0.3 is 0 Å². The van der Waals surface area contributed by atoms with Gasteiger partial charge in [-0.15, -0.1) is 0 Å². The average Bonchev–Trinajstić information content (AvgIpc) is 2.87. The van der Waals surface area contributed by atoms with Crippen LogP contribution in [0.15, 0.2) is 4.52 Å². The quantitative estimate of drug-likeness (QED) is 0.802. The lowest BCUT2D eigenvalue weighted by Gasteiger charge is -2.26. The van der Waals surface area contributed by atoms with Gasteiger partial charge in [0.15, 0.2) is 0 Å². The first-order chi connectivity index (χ1) is 8.85. The summed E-state index contributed by atoms with van der Waals surface area (Å²) in [5, 5.41) is 12.5. The van der Waals surface area contributed by atoms with E-state index in [0.717, 1.165) is 0 Å². The van der Waals surface area contributed by atoms with E-state index >= 15 is 0 Å². The van der Waals surface area contributed by atoms with Gasteiger partial charge in [-0.05, 0) is 18.8 Å². The van der Waals surface area contributed by atoms with Gasteiger partial charge in [0.25, 0.3) is 0 Å². The molecule has 1 atom stereocenters. The van der Waals surface area contributed by atoms with Crippen LogP contribution in [0, 0.1) is 17.2 Å². The van der Waals surface area contributed by atoms with Crippen LogP contribution < -0.4 is 0 Å². The molecule has 0 aromatic carbocycles. The van der Waals surface area contributed by atoms with Gasteiger partial charge in [0, 0.05) is 20.0 Å². The highest BCUT2D eigenvalue weighted by atomic mass is 16.5. The topological polar surface area (TPSA) is 71.9 Å². The lowest BCUT2D eigenvalue weighted by Crippen LogP contribution is -2.19. The molecule has 1 heterocycles. The van der Waals surface area contributed by atoms with E-state index < -0.39 is 0 Å². The Balaban J connectivity index is 2.02. The molecule has 98 valence electrons. The van der Waals surface area contributed by atoms with E-state index in [1.54, 1.807) is 7.11 Å². The lowest BCUT2D eigenvalue weighted by atomic mass is 9.85.